The van der Waals surface area contributed by atoms with Gasteiger partial charge in [-0.1, -0.05) is 19.1 Å². The molecule has 2 aliphatic rings. The van der Waals surface area contributed by atoms with Crippen LogP contribution in [0.5, 0.6) is 11.5 Å². The molecule has 37 heavy (non-hydrogen) atoms. The van der Waals surface area contributed by atoms with Crippen molar-refractivity contribution in [3.63, 3.8) is 0 Å². The van der Waals surface area contributed by atoms with E-state index in [4.69, 9.17) is 9.47 Å². The molecule has 4 heterocycles. The summed E-state index contributed by atoms with van der Waals surface area (Å²) >= 11 is 0. The smallest absolute Gasteiger partial charge is 0.128 e. The van der Waals surface area contributed by atoms with Gasteiger partial charge in [0.25, 0.3) is 0 Å². The fourth-order valence-corrected chi connectivity index (χ4v) is 6.39. The van der Waals surface area contributed by atoms with Crippen molar-refractivity contribution in [1.82, 2.24) is 19.8 Å². The molecule has 2 N–H and O–H groups in total. The first-order valence-corrected chi connectivity index (χ1v) is 14.0. The zero-order chi connectivity index (χ0) is 25.4. The number of nitrogens with zero attached hydrogens (tertiary/aromatic N) is 2. The van der Waals surface area contributed by atoms with E-state index in [1.165, 1.54) is 50.5 Å². The molecule has 6 rings (SSSR count). The number of aromatic nitrogens is 2. The SMILES string of the molecule is CCCN1CCCOc2ccc(C3CCOc4ccc(C)c5[nH]cc(c45)CCN3C)c3[nH]cc(c23)CC1. The van der Waals surface area contributed by atoms with E-state index >= 15 is 0 Å². The van der Waals surface area contributed by atoms with Crippen LogP contribution >= 0.6 is 0 Å². The monoisotopic (exact) mass is 500 g/mol. The van der Waals surface area contributed by atoms with E-state index in [9.17, 15) is 0 Å². The van der Waals surface area contributed by atoms with E-state index in [0.29, 0.717) is 6.61 Å². The summed E-state index contributed by atoms with van der Waals surface area (Å²) in [4.78, 5) is 12.3. The van der Waals surface area contributed by atoms with Crippen LogP contribution in [0, 0.1) is 6.92 Å². The topological polar surface area (TPSA) is 56.5 Å². The van der Waals surface area contributed by atoms with Gasteiger partial charge in [-0.05, 0) is 80.6 Å². The molecule has 0 saturated carbocycles. The van der Waals surface area contributed by atoms with Crippen LogP contribution in [-0.2, 0) is 12.8 Å². The lowest BCUT2D eigenvalue weighted by molar-refractivity contribution is 0.196. The quantitative estimate of drug-likeness (QED) is 0.363. The number of nitrogens with one attached hydrogen (secondary N) is 2. The highest BCUT2D eigenvalue weighted by atomic mass is 16.5. The molecule has 1 atom stereocenters. The van der Waals surface area contributed by atoms with Crippen molar-refractivity contribution in [3.05, 3.63) is 58.9 Å². The summed E-state index contributed by atoms with van der Waals surface area (Å²) in [5.74, 6) is 2.03. The zero-order valence-electron chi connectivity index (χ0n) is 22.5. The van der Waals surface area contributed by atoms with E-state index in [1.54, 1.807) is 0 Å². The van der Waals surface area contributed by atoms with Gasteiger partial charge in [-0.2, -0.15) is 0 Å². The molecule has 0 fully saturated rings. The first kappa shape index (κ1) is 24.4. The molecule has 6 heteroatoms. The van der Waals surface area contributed by atoms with Crippen molar-refractivity contribution >= 4 is 21.8 Å². The lowest BCUT2D eigenvalue weighted by atomic mass is 9.96. The summed E-state index contributed by atoms with van der Waals surface area (Å²) < 4.78 is 12.8. The maximum absolute atomic E-state index is 6.44. The predicted molar refractivity (Wildman–Crippen MR) is 151 cm³/mol. The third-order valence-corrected chi connectivity index (χ3v) is 8.39. The molecular formula is C31H40N4O2. The molecule has 196 valence electrons. The number of aryl methyl sites for hydroxylation is 1. The molecule has 0 aliphatic carbocycles. The summed E-state index contributed by atoms with van der Waals surface area (Å²) in [7, 11) is 2.26. The van der Waals surface area contributed by atoms with Gasteiger partial charge in [0.1, 0.15) is 11.5 Å². The van der Waals surface area contributed by atoms with Gasteiger partial charge in [-0.3, -0.25) is 4.90 Å². The van der Waals surface area contributed by atoms with Crippen LogP contribution in [0.3, 0.4) is 0 Å². The van der Waals surface area contributed by atoms with Crippen LogP contribution in [-0.4, -0.2) is 66.2 Å². The van der Waals surface area contributed by atoms with Crippen LogP contribution in [0.4, 0.5) is 0 Å². The average Bonchev–Trinajstić information content (AvgIpc) is 3.53. The maximum Gasteiger partial charge on any atom is 0.128 e. The van der Waals surface area contributed by atoms with Crippen molar-refractivity contribution in [3.8, 4) is 11.5 Å². The summed E-state index contributed by atoms with van der Waals surface area (Å²) in [6.07, 6.45) is 9.61. The second-order valence-corrected chi connectivity index (χ2v) is 10.8. The lowest BCUT2D eigenvalue weighted by Crippen LogP contribution is -2.29. The Morgan fingerprint density at radius 2 is 1.57 bits per heavy atom. The number of likely N-dealkylation sites (N-methyl/N-ethyl adjacent to an activating group) is 1. The molecule has 4 aromatic rings. The van der Waals surface area contributed by atoms with Crippen molar-refractivity contribution in [2.75, 3.05) is 46.4 Å². The van der Waals surface area contributed by atoms with Gasteiger partial charge in [-0.25, -0.2) is 0 Å². The second-order valence-electron chi connectivity index (χ2n) is 10.8. The Kier molecular flexibility index (Phi) is 6.87. The fourth-order valence-electron chi connectivity index (χ4n) is 6.39. The summed E-state index contributed by atoms with van der Waals surface area (Å²) in [6, 6.07) is 9.05. The van der Waals surface area contributed by atoms with Crippen molar-refractivity contribution in [1.29, 1.82) is 0 Å². The minimum Gasteiger partial charge on any atom is -0.493 e. The highest BCUT2D eigenvalue weighted by Crippen LogP contribution is 2.39. The fraction of sp³-hybridized carbons (Fsp3) is 0.484. The third kappa shape index (κ3) is 4.62. The van der Waals surface area contributed by atoms with Crippen LogP contribution in [0.15, 0.2) is 36.7 Å². The van der Waals surface area contributed by atoms with Crippen LogP contribution in [0.1, 0.15) is 54.5 Å². The van der Waals surface area contributed by atoms with E-state index in [0.717, 1.165) is 70.0 Å². The van der Waals surface area contributed by atoms with Gasteiger partial charge >= 0.3 is 0 Å². The van der Waals surface area contributed by atoms with Gasteiger partial charge in [0.05, 0.1) is 24.2 Å². The Hall–Kier alpha value is -2.96. The molecule has 2 aliphatic heterocycles. The predicted octanol–water partition coefficient (Wildman–Crippen LogP) is 5.99. The summed E-state index contributed by atoms with van der Waals surface area (Å²) in [5.41, 5.74) is 7.74. The van der Waals surface area contributed by atoms with Crippen LogP contribution < -0.4 is 9.47 Å². The first-order valence-electron chi connectivity index (χ1n) is 14.0. The minimum absolute atomic E-state index is 0.258. The average molecular weight is 501 g/mol. The number of ether oxygens (including phenoxy) is 2. The number of rotatable bonds is 3. The molecule has 1 unspecified atom stereocenters. The zero-order valence-corrected chi connectivity index (χ0v) is 22.5. The van der Waals surface area contributed by atoms with Gasteiger partial charge in [0, 0.05) is 55.3 Å². The van der Waals surface area contributed by atoms with Gasteiger partial charge < -0.3 is 24.3 Å². The summed E-state index contributed by atoms with van der Waals surface area (Å²) in [6.45, 7) is 10.2. The van der Waals surface area contributed by atoms with Crippen molar-refractivity contribution in [2.45, 2.75) is 52.0 Å². The third-order valence-electron chi connectivity index (χ3n) is 8.39. The summed E-state index contributed by atoms with van der Waals surface area (Å²) in [5, 5.41) is 2.53. The standard InChI is InChI=1S/C31H40N4O2/c1-4-13-35-14-5-17-36-27-9-7-24(31-29(27)23(11-16-35)20-33-31)25-12-18-37-26-8-6-21(2)30-28(26)22(19-32-30)10-15-34(25)3/h6-9,19-20,25,32-33H,4-5,10-18H2,1-3H3. The Labute approximate surface area is 219 Å². The Balaban J connectivity index is 1.33. The first-order chi connectivity index (χ1) is 18.1. The molecule has 0 saturated heterocycles. The molecule has 0 spiro atoms. The Morgan fingerprint density at radius 1 is 0.865 bits per heavy atom. The highest BCUT2D eigenvalue weighted by Gasteiger charge is 2.25. The molecule has 6 nitrogen and oxygen atoms in total. The number of hydrogen-bond acceptors (Lipinski definition) is 4. The molecule has 2 aromatic carbocycles. The van der Waals surface area contributed by atoms with Crippen LogP contribution in [0.2, 0.25) is 0 Å². The minimum atomic E-state index is 0.258. The van der Waals surface area contributed by atoms with Gasteiger partial charge in [-0.15, -0.1) is 0 Å². The van der Waals surface area contributed by atoms with E-state index < -0.39 is 0 Å². The largest absolute Gasteiger partial charge is 0.493 e. The Bertz CT molecular complexity index is 1390. The molecular weight excluding hydrogens is 460 g/mol. The number of benzene rings is 2. The molecule has 2 aromatic heterocycles. The number of H-pyrrole nitrogens is 2. The number of hydrogen-bond donors (Lipinski definition) is 2. The Morgan fingerprint density at radius 3 is 2.38 bits per heavy atom. The van der Waals surface area contributed by atoms with E-state index in [1.807, 2.05) is 0 Å². The highest BCUT2D eigenvalue weighted by molar-refractivity contribution is 5.93. The molecule has 0 bridgehead atoms. The maximum atomic E-state index is 6.44. The molecule has 0 radical (unpaired) electrons. The van der Waals surface area contributed by atoms with Gasteiger partial charge in [0.2, 0.25) is 0 Å². The molecule has 0 amide bonds. The van der Waals surface area contributed by atoms with Gasteiger partial charge in [0.15, 0.2) is 0 Å². The van der Waals surface area contributed by atoms with E-state index in [-0.39, 0.29) is 6.04 Å². The van der Waals surface area contributed by atoms with Crippen molar-refractivity contribution in [2.24, 2.45) is 0 Å². The lowest BCUT2D eigenvalue weighted by Gasteiger charge is -2.30. The number of aromatic amines is 2. The second kappa shape index (κ2) is 10.4. The normalized spacial score (nSPS) is 20.0. The van der Waals surface area contributed by atoms with Crippen molar-refractivity contribution < 1.29 is 9.47 Å². The van der Waals surface area contributed by atoms with E-state index in [2.05, 4.69) is 77.3 Å². The van der Waals surface area contributed by atoms with Crippen LogP contribution in [0.25, 0.3) is 21.8 Å².